The molecule has 0 unspecified atom stereocenters. The second-order valence-corrected chi connectivity index (χ2v) is 11.0. The normalized spacial score (nSPS) is 42.3. The zero-order valence-corrected chi connectivity index (χ0v) is 18.4. The van der Waals surface area contributed by atoms with E-state index < -0.39 is 0 Å². The van der Waals surface area contributed by atoms with Crippen LogP contribution >= 0.6 is 0 Å². The summed E-state index contributed by atoms with van der Waals surface area (Å²) in [5.41, 5.74) is 1.46. The van der Waals surface area contributed by atoms with Crippen molar-refractivity contribution in [3.05, 3.63) is 30.1 Å². The number of carbonyl (C=O) groups excluding carboxylic acids is 1. The van der Waals surface area contributed by atoms with Crippen LogP contribution in [0.4, 0.5) is 10.1 Å². The Morgan fingerprint density at radius 1 is 1.19 bits per heavy atom. The quantitative estimate of drug-likeness (QED) is 0.590. The third-order valence-electron chi connectivity index (χ3n) is 9.25. The first-order valence-corrected chi connectivity index (χ1v) is 12.1. The minimum absolute atomic E-state index is 0.0275. The van der Waals surface area contributed by atoms with E-state index in [0.29, 0.717) is 11.8 Å². The second kappa shape index (κ2) is 7.17. The Bertz CT molecular complexity index is 849. The van der Waals surface area contributed by atoms with Crippen molar-refractivity contribution in [3.8, 4) is 0 Å². The molecule has 6 atom stereocenters. The van der Waals surface area contributed by atoms with E-state index in [-0.39, 0.29) is 34.8 Å². The number of anilines is 1. The average Bonchev–Trinajstić information content (AvgIpc) is 3.46. The van der Waals surface area contributed by atoms with Gasteiger partial charge in [0.25, 0.3) is 0 Å². The van der Waals surface area contributed by atoms with Crippen LogP contribution in [0, 0.1) is 29.0 Å². The van der Waals surface area contributed by atoms with Gasteiger partial charge in [-0.05, 0) is 67.7 Å². The average molecular weight is 430 g/mol. The third-order valence-corrected chi connectivity index (χ3v) is 9.25. The lowest BCUT2D eigenvalue weighted by Gasteiger charge is -2.51. The zero-order chi connectivity index (χ0) is 21.2. The van der Waals surface area contributed by atoms with Gasteiger partial charge in [-0.15, -0.1) is 0 Å². The third kappa shape index (κ3) is 3.37. The molecule has 168 valence electrons. The lowest BCUT2D eigenvalue weighted by atomic mass is 9.53. The molecule has 3 saturated heterocycles. The molecule has 1 spiro atoms. The number of hydrogen-bond acceptors (Lipinski definition) is 4. The van der Waals surface area contributed by atoms with Crippen LogP contribution in [0.15, 0.2) is 24.3 Å². The molecule has 0 radical (unpaired) electrons. The first kappa shape index (κ1) is 20.0. The van der Waals surface area contributed by atoms with Gasteiger partial charge in [0, 0.05) is 11.6 Å². The second-order valence-electron chi connectivity index (χ2n) is 11.0. The summed E-state index contributed by atoms with van der Waals surface area (Å²) in [6.45, 7) is 8.11. The number of hydrogen-bond donors (Lipinski definition) is 1. The first-order valence-electron chi connectivity index (χ1n) is 12.1. The largest absolute Gasteiger partial charge is 0.462 e. The van der Waals surface area contributed by atoms with Crippen LogP contribution in [-0.2, 0) is 14.3 Å². The number of piperazine rings is 1. The topological polar surface area (TPSA) is 46.5 Å². The summed E-state index contributed by atoms with van der Waals surface area (Å²) in [6, 6.07) is 6.78. The smallest absolute Gasteiger partial charge is 0.315 e. The molecule has 5 fully saturated rings. The van der Waals surface area contributed by atoms with Gasteiger partial charge < -0.3 is 19.3 Å². The Kier molecular flexibility index (Phi) is 4.62. The number of esters is 1. The number of quaternary nitrogens is 1. The molecule has 5 nitrogen and oxygen atoms in total. The van der Waals surface area contributed by atoms with Gasteiger partial charge >= 0.3 is 5.97 Å². The molecule has 2 aliphatic carbocycles. The molecule has 1 aromatic carbocycles. The Morgan fingerprint density at radius 2 is 1.94 bits per heavy atom. The van der Waals surface area contributed by atoms with E-state index in [1.165, 1.54) is 36.3 Å². The number of benzene rings is 1. The van der Waals surface area contributed by atoms with Crippen molar-refractivity contribution >= 4 is 11.7 Å². The van der Waals surface area contributed by atoms with E-state index in [2.05, 4.69) is 11.8 Å². The molecule has 0 bridgehead atoms. The first-order chi connectivity index (χ1) is 15.0. The van der Waals surface area contributed by atoms with Crippen LogP contribution in [-0.4, -0.2) is 57.0 Å². The van der Waals surface area contributed by atoms with E-state index in [9.17, 15) is 9.18 Å². The van der Waals surface area contributed by atoms with E-state index >= 15 is 0 Å². The van der Waals surface area contributed by atoms with E-state index in [4.69, 9.17) is 9.47 Å². The van der Waals surface area contributed by atoms with Crippen LogP contribution in [0.3, 0.4) is 0 Å². The summed E-state index contributed by atoms with van der Waals surface area (Å²) >= 11 is 0. The highest BCUT2D eigenvalue weighted by Gasteiger charge is 2.65. The molecular formula is C25H34FN2O3+. The van der Waals surface area contributed by atoms with E-state index in [1.54, 1.807) is 0 Å². The molecule has 0 amide bonds. The standard InChI is InChI=1S/C25H33FN2O3/c1-24-7-2-8-25(16-30-25)22(24)13-19-20(23(29)31-21(19)14-24)15-27-9-11-28(12-10-27)18-5-3-17(26)4-6-18/h3-6,19-22H,2,7-16H2,1H3/p+1/t19-,20-,21-,22+,24-,25+/m1/s1. The van der Waals surface area contributed by atoms with Crippen molar-refractivity contribution < 1.29 is 23.6 Å². The number of fused-ring (bicyclic) bond motifs is 3. The van der Waals surface area contributed by atoms with Crippen molar-refractivity contribution in [1.29, 1.82) is 0 Å². The Morgan fingerprint density at radius 3 is 2.65 bits per heavy atom. The van der Waals surface area contributed by atoms with Gasteiger partial charge in [0.1, 0.15) is 17.8 Å². The molecule has 3 heterocycles. The maximum atomic E-state index is 13.2. The maximum Gasteiger partial charge on any atom is 0.315 e. The van der Waals surface area contributed by atoms with E-state index in [1.807, 2.05) is 12.1 Å². The highest BCUT2D eigenvalue weighted by atomic mass is 19.1. The maximum absolute atomic E-state index is 13.2. The summed E-state index contributed by atoms with van der Waals surface area (Å²) < 4.78 is 25.2. The van der Waals surface area contributed by atoms with Gasteiger partial charge in [-0.3, -0.25) is 4.79 Å². The highest BCUT2D eigenvalue weighted by molar-refractivity contribution is 5.75. The van der Waals surface area contributed by atoms with Gasteiger partial charge in [-0.25, -0.2) is 4.39 Å². The van der Waals surface area contributed by atoms with Crippen LogP contribution < -0.4 is 9.80 Å². The van der Waals surface area contributed by atoms with E-state index in [0.717, 1.165) is 57.9 Å². The summed E-state index contributed by atoms with van der Waals surface area (Å²) in [4.78, 5) is 16.7. The summed E-state index contributed by atoms with van der Waals surface area (Å²) in [5.74, 6) is 0.808. The highest BCUT2D eigenvalue weighted by Crippen LogP contribution is 2.62. The predicted octanol–water partition coefficient (Wildman–Crippen LogP) is 2.06. The predicted molar refractivity (Wildman–Crippen MR) is 114 cm³/mol. The zero-order valence-electron chi connectivity index (χ0n) is 18.4. The lowest BCUT2D eigenvalue weighted by molar-refractivity contribution is -0.903. The molecule has 0 aromatic heterocycles. The molecule has 5 aliphatic rings. The summed E-state index contributed by atoms with van der Waals surface area (Å²) in [5, 5.41) is 0. The number of nitrogens with zero attached hydrogens (tertiary/aromatic N) is 1. The van der Waals surface area contributed by atoms with Gasteiger partial charge in [0.2, 0.25) is 0 Å². The van der Waals surface area contributed by atoms with Crippen LogP contribution in [0.5, 0.6) is 0 Å². The Hall–Kier alpha value is -1.66. The van der Waals surface area contributed by atoms with Gasteiger partial charge in [-0.1, -0.05) is 6.92 Å². The molecule has 1 N–H and O–H groups in total. The number of nitrogens with one attached hydrogen (secondary N) is 1. The van der Waals surface area contributed by atoms with Gasteiger partial charge in [0.05, 0.1) is 44.9 Å². The van der Waals surface area contributed by atoms with Crippen molar-refractivity contribution in [2.45, 2.75) is 50.7 Å². The molecular weight excluding hydrogens is 395 g/mol. The minimum atomic E-state index is -0.192. The number of ether oxygens (including phenoxy) is 2. The number of epoxide rings is 1. The lowest BCUT2D eigenvalue weighted by Crippen LogP contribution is -3.15. The van der Waals surface area contributed by atoms with Crippen molar-refractivity contribution in [2.75, 3.05) is 44.2 Å². The molecule has 1 aromatic rings. The molecule has 6 heteroatoms. The fourth-order valence-electron chi connectivity index (χ4n) is 7.44. The number of rotatable bonds is 3. The fourth-order valence-corrected chi connectivity index (χ4v) is 7.44. The van der Waals surface area contributed by atoms with Gasteiger partial charge in [0.15, 0.2) is 0 Å². The molecule has 6 rings (SSSR count). The molecule has 31 heavy (non-hydrogen) atoms. The molecule has 3 aliphatic heterocycles. The Labute approximate surface area is 183 Å². The molecule has 2 saturated carbocycles. The number of carbonyl (C=O) groups is 1. The number of halogens is 1. The van der Waals surface area contributed by atoms with Crippen molar-refractivity contribution in [3.63, 3.8) is 0 Å². The van der Waals surface area contributed by atoms with Gasteiger partial charge in [-0.2, -0.15) is 0 Å². The minimum Gasteiger partial charge on any atom is -0.462 e. The van der Waals surface area contributed by atoms with Crippen molar-refractivity contribution in [1.82, 2.24) is 0 Å². The SMILES string of the molecule is C[C@]12CCC[C@]3(CO3)[C@H]1C[C@H]1[C@@H](C2)OC(=O)[C@@H]1C[NH+]1CCN(c2ccc(F)cc2)CC1. The summed E-state index contributed by atoms with van der Waals surface area (Å²) in [7, 11) is 0. The van der Waals surface area contributed by atoms with Crippen molar-refractivity contribution in [2.24, 2.45) is 23.2 Å². The monoisotopic (exact) mass is 429 g/mol. The summed E-state index contributed by atoms with van der Waals surface area (Å²) in [6.07, 6.45) is 5.89. The van der Waals surface area contributed by atoms with Crippen LogP contribution in [0.1, 0.15) is 39.0 Å². The fraction of sp³-hybridized carbons (Fsp3) is 0.720. The van der Waals surface area contributed by atoms with Crippen LogP contribution in [0.2, 0.25) is 0 Å². The van der Waals surface area contributed by atoms with Crippen LogP contribution in [0.25, 0.3) is 0 Å². The Balaban J connectivity index is 1.11.